The lowest BCUT2D eigenvalue weighted by Crippen LogP contribution is -2.26. The standard InChI is InChI=1S/C9H17NO2/c11-6-1-2-7-12-8-9-4-3-5-10-9/h6,9-10H,1-5,7-8H2. The van der Waals surface area contributed by atoms with E-state index in [0.717, 1.165) is 32.5 Å². The van der Waals surface area contributed by atoms with E-state index in [9.17, 15) is 4.79 Å². The molecule has 0 radical (unpaired) electrons. The van der Waals surface area contributed by atoms with Gasteiger partial charge >= 0.3 is 0 Å². The van der Waals surface area contributed by atoms with E-state index < -0.39 is 0 Å². The SMILES string of the molecule is O=CCCCOCC1CCCN1. The molecular weight excluding hydrogens is 154 g/mol. The van der Waals surface area contributed by atoms with Crippen LogP contribution in [0.5, 0.6) is 0 Å². The Hall–Kier alpha value is -0.410. The summed E-state index contributed by atoms with van der Waals surface area (Å²) in [5, 5.41) is 3.35. The summed E-state index contributed by atoms with van der Waals surface area (Å²) in [7, 11) is 0. The van der Waals surface area contributed by atoms with Crippen molar-refractivity contribution in [3.8, 4) is 0 Å². The summed E-state index contributed by atoms with van der Waals surface area (Å²) in [4.78, 5) is 9.96. The molecule has 12 heavy (non-hydrogen) atoms. The third kappa shape index (κ3) is 3.83. The van der Waals surface area contributed by atoms with Crippen molar-refractivity contribution in [2.75, 3.05) is 19.8 Å². The van der Waals surface area contributed by atoms with Gasteiger partial charge in [-0.25, -0.2) is 0 Å². The molecule has 1 saturated heterocycles. The zero-order valence-corrected chi connectivity index (χ0v) is 7.42. The molecule has 0 aromatic carbocycles. The van der Waals surface area contributed by atoms with Crippen molar-refractivity contribution in [3.63, 3.8) is 0 Å². The average molecular weight is 171 g/mol. The molecule has 1 heterocycles. The Morgan fingerprint density at radius 2 is 2.50 bits per heavy atom. The zero-order valence-electron chi connectivity index (χ0n) is 7.42. The molecule has 1 unspecified atom stereocenters. The first-order valence-electron chi connectivity index (χ1n) is 4.68. The minimum atomic E-state index is 0.557. The van der Waals surface area contributed by atoms with E-state index in [1.807, 2.05) is 0 Å². The number of nitrogens with one attached hydrogen (secondary N) is 1. The number of hydrogen-bond donors (Lipinski definition) is 1. The summed E-state index contributed by atoms with van der Waals surface area (Å²) in [5.74, 6) is 0. The molecule has 0 saturated carbocycles. The van der Waals surface area contributed by atoms with Gasteiger partial charge in [-0.1, -0.05) is 0 Å². The topological polar surface area (TPSA) is 38.3 Å². The van der Waals surface area contributed by atoms with Gasteiger partial charge in [-0.05, 0) is 25.8 Å². The van der Waals surface area contributed by atoms with Crippen LogP contribution < -0.4 is 5.32 Å². The van der Waals surface area contributed by atoms with Crippen molar-refractivity contribution in [2.24, 2.45) is 0 Å². The van der Waals surface area contributed by atoms with Crippen LogP contribution in [0.1, 0.15) is 25.7 Å². The highest BCUT2D eigenvalue weighted by atomic mass is 16.5. The molecule has 1 fully saturated rings. The highest BCUT2D eigenvalue weighted by Crippen LogP contribution is 2.04. The van der Waals surface area contributed by atoms with Gasteiger partial charge in [0.2, 0.25) is 0 Å². The van der Waals surface area contributed by atoms with Crippen LogP contribution in [0, 0.1) is 0 Å². The van der Waals surface area contributed by atoms with E-state index in [1.165, 1.54) is 12.8 Å². The van der Waals surface area contributed by atoms with Crippen LogP contribution in [0.2, 0.25) is 0 Å². The van der Waals surface area contributed by atoms with Crippen LogP contribution in [0.4, 0.5) is 0 Å². The highest BCUT2D eigenvalue weighted by Gasteiger charge is 2.12. The first kappa shape index (κ1) is 9.68. The van der Waals surface area contributed by atoms with Crippen LogP contribution >= 0.6 is 0 Å². The summed E-state index contributed by atoms with van der Waals surface area (Å²) >= 11 is 0. The minimum absolute atomic E-state index is 0.557. The second-order valence-electron chi connectivity index (χ2n) is 3.18. The molecule has 1 rings (SSSR count). The average Bonchev–Trinajstić information content (AvgIpc) is 2.57. The molecule has 3 nitrogen and oxygen atoms in total. The fourth-order valence-electron chi connectivity index (χ4n) is 1.39. The molecule has 0 amide bonds. The summed E-state index contributed by atoms with van der Waals surface area (Å²) in [6, 6.07) is 0.557. The van der Waals surface area contributed by atoms with Crippen molar-refractivity contribution in [1.29, 1.82) is 0 Å². The Balaban J connectivity index is 1.84. The number of carbonyl (C=O) groups is 1. The number of hydrogen-bond acceptors (Lipinski definition) is 3. The number of carbonyl (C=O) groups excluding carboxylic acids is 1. The Morgan fingerprint density at radius 1 is 1.58 bits per heavy atom. The molecule has 0 aliphatic carbocycles. The molecule has 0 aromatic rings. The summed E-state index contributed by atoms with van der Waals surface area (Å²) in [6.45, 7) is 2.65. The van der Waals surface area contributed by atoms with Crippen LogP contribution in [-0.2, 0) is 9.53 Å². The number of rotatable bonds is 6. The van der Waals surface area contributed by atoms with Crippen molar-refractivity contribution in [1.82, 2.24) is 5.32 Å². The largest absolute Gasteiger partial charge is 0.380 e. The van der Waals surface area contributed by atoms with Gasteiger partial charge in [0.25, 0.3) is 0 Å². The maximum Gasteiger partial charge on any atom is 0.120 e. The lowest BCUT2D eigenvalue weighted by atomic mass is 10.2. The van der Waals surface area contributed by atoms with Gasteiger partial charge in [-0.2, -0.15) is 0 Å². The highest BCUT2D eigenvalue weighted by molar-refractivity contribution is 5.48. The van der Waals surface area contributed by atoms with Crippen molar-refractivity contribution in [3.05, 3.63) is 0 Å². The lowest BCUT2D eigenvalue weighted by Gasteiger charge is -2.09. The second-order valence-corrected chi connectivity index (χ2v) is 3.18. The Labute approximate surface area is 73.5 Å². The van der Waals surface area contributed by atoms with Gasteiger partial charge in [0.15, 0.2) is 0 Å². The molecule has 0 spiro atoms. The Bertz CT molecular complexity index is 122. The predicted molar refractivity (Wildman–Crippen MR) is 47.1 cm³/mol. The van der Waals surface area contributed by atoms with E-state index in [2.05, 4.69) is 5.32 Å². The van der Waals surface area contributed by atoms with Gasteiger partial charge in [-0.15, -0.1) is 0 Å². The first-order valence-corrected chi connectivity index (χ1v) is 4.68. The molecule has 3 heteroatoms. The lowest BCUT2D eigenvalue weighted by molar-refractivity contribution is -0.108. The molecule has 1 atom stereocenters. The van der Waals surface area contributed by atoms with Crippen molar-refractivity contribution >= 4 is 6.29 Å². The number of aldehydes is 1. The van der Waals surface area contributed by atoms with E-state index in [-0.39, 0.29) is 0 Å². The third-order valence-electron chi connectivity index (χ3n) is 2.09. The van der Waals surface area contributed by atoms with Gasteiger partial charge in [-0.3, -0.25) is 0 Å². The van der Waals surface area contributed by atoms with Crippen LogP contribution in [-0.4, -0.2) is 32.1 Å². The predicted octanol–water partition coefficient (Wildman–Crippen LogP) is 0.734. The number of unbranched alkanes of at least 4 members (excludes halogenated alkanes) is 1. The van der Waals surface area contributed by atoms with Crippen LogP contribution in [0.15, 0.2) is 0 Å². The van der Waals surface area contributed by atoms with Gasteiger partial charge in [0.1, 0.15) is 6.29 Å². The molecule has 0 aromatic heterocycles. The first-order chi connectivity index (χ1) is 5.93. The van der Waals surface area contributed by atoms with E-state index in [0.29, 0.717) is 12.5 Å². The Kier molecular flexibility index (Phi) is 4.95. The fourth-order valence-corrected chi connectivity index (χ4v) is 1.39. The molecule has 1 N–H and O–H groups in total. The normalized spacial score (nSPS) is 22.8. The maximum atomic E-state index is 9.96. The molecule has 1 aliphatic heterocycles. The Morgan fingerprint density at radius 3 is 3.17 bits per heavy atom. The quantitative estimate of drug-likeness (QED) is 0.473. The molecule has 1 aliphatic rings. The smallest absolute Gasteiger partial charge is 0.120 e. The third-order valence-corrected chi connectivity index (χ3v) is 2.09. The summed E-state index contributed by atoms with van der Waals surface area (Å²) < 4.78 is 5.40. The van der Waals surface area contributed by atoms with Crippen molar-refractivity contribution in [2.45, 2.75) is 31.7 Å². The summed E-state index contributed by atoms with van der Waals surface area (Å²) in [5.41, 5.74) is 0. The molecule has 0 bridgehead atoms. The van der Waals surface area contributed by atoms with E-state index in [1.54, 1.807) is 0 Å². The molecule has 70 valence electrons. The molecular formula is C9H17NO2. The zero-order chi connectivity index (χ0) is 8.65. The fraction of sp³-hybridized carbons (Fsp3) is 0.889. The van der Waals surface area contributed by atoms with Gasteiger partial charge in [0.05, 0.1) is 6.61 Å². The number of ether oxygens (including phenoxy) is 1. The van der Waals surface area contributed by atoms with Crippen LogP contribution in [0.3, 0.4) is 0 Å². The summed E-state index contributed by atoms with van der Waals surface area (Å²) in [6.07, 6.45) is 4.92. The van der Waals surface area contributed by atoms with E-state index in [4.69, 9.17) is 4.74 Å². The maximum absolute atomic E-state index is 9.96. The monoisotopic (exact) mass is 171 g/mol. The van der Waals surface area contributed by atoms with Gasteiger partial charge < -0.3 is 14.8 Å². The van der Waals surface area contributed by atoms with E-state index >= 15 is 0 Å². The minimum Gasteiger partial charge on any atom is -0.380 e. The van der Waals surface area contributed by atoms with Crippen molar-refractivity contribution < 1.29 is 9.53 Å². The second kappa shape index (κ2) is 6.14. The van der Waals surface area contributed by atoms with Gasteiger partial charge in [0, 0.05) is 19.1 Å². The van der Waals surface area contributed by atoms with Crippen LogP contribution in [0.25, 0.3) is 0 Å².